The molecular weight excluding hydrogens is 365 g/mol. The number of nitrogens with zero attached hydrogens (tertiary/aromatic N) is 1. The summed E-state index contributed by atoms with van der Waals surface area (Å²) in [6.45, 7) is 0.830. The van der Waals surface area contributed by atoms with Crippen LogP contribution in [0.5, 0.6) is 0 Å². The Morgan fingerprint density at radius 1 is 1.04 bits per heavy atom. The highest BCUT2D eigenvalue weighted by atomic mass is 35.5. The van der Waals surface area contributed by atoms with Crippen LogP contribution in [0.15, 0.2) is 54.1 Å². The van der Waals surface area contributed by atoms with Crippen LogP contribution in [0.2, 0.25) is 10.0 Å². The van der Waals surface area contributed by atoms with Crippen LogP contribution in [0.3, 0.4) is 0 Å². The Labute approximate surface area is 166 Å². The minimum atomic E-state index is -0.993. The number of rotatable bonds is 4. The Bertz CT molecular complexity index is 768. The smallest absolute Gasteiger partial charge is 0.115 e. The monoisotopic (exact) mass is 389 g/mol. The van der Waals surface area contributed by atoms with Gasteiger partial charge in [-0.2, -0.15) is 0 Å². The minimum Gasteiger partial charge on any atom is -0.380 e. The Morgan fingerprint density at radius 2 is 1.62 bits per heavy atom. The summed E-state index contributed by atoms with van der Waals surface area (Å²) < 4.78 is 0. The molecule has 0 aromatic heterocycles. The van der Waals surface area contributed by atoms with Crippen molar-refractivity contribution in [1.82, 2.24) is 4.90 Å². The lowest BCUT2D eigenvalue weighted by Crippen LogP contribution is -2.44. The lowest BCUT2D eigenvalue weighted by atomic mass is 9.67. The van der Waals surface area contributed by atoms with Gasteiger partial charge in [-0.15, -0.1) is 0 Å². The molecule has 1 fully saturated rings. The van der Waals surface area contributed by atoms with E-state index in [0.717, 1.165) is 42.5 Å². The third-order valence-corrected chi connectivity index (χ3v) is 5.66. The van der Waals surface area contributed by atoms with E-state index >= 15 is 0 Å². The zero-order chi connectivity index (χ0) is 18.7. The summed E-state index contributed by atoms with van der Waals surface area (Å²) in [7, 11) is 4.11. The fourth-order valence-corrected chi connectivity index (χ4v) is 4.18. The molecule has 0 bridgehead atoms. The van der Waals surface area contributed by atoms with Gasteiger partial charge in [0.05, 0.1) is 0 Å². The van der Waals surface area contributed by atoms with Gasteiger partial charge < -0.3 is 10.0 Å². The highest BCUT2D eigenvalue weighted by molar-refractivity contribution is 6.30. The molecule has 4 heteroatoms. The topological polar surface area (TPSA) is 23.5 Å². The molecule has 2 nitrogen and oxygen atoms in total. The van der Waals surface area contributed by atoms with E-state index in [1.165, 1.54) is 0 Å². The van der Waals surface area contributed by atoms with Crippen molar-refractivity contribution in [3.8, 4) is 0 Å². The van der Waals surface area contributed by atoms with Gasteiger partial charge in [0.1, 0.15) is 5.60 Å². The summed E-state index contributed by atoms with van der Waals surface area (Å²) in [6, 6.07) is 15.4. The molecule has 2 atom stereocenters. The van der Waals surface area contributed by atoms with Gasteiger partial charge in [-0.05, 0) is 74.3 Å². The number of halogens is 2. The van der Waals surface area contributed by atoms with Gasteiger partial charge in [-0.3, -0.25) is 0 Å². The highest BCUT2D eigenvalue weighted by Gasteiger charge is 2.44. The van der Waals surface area contributed by atoms with Crippen LogP contribution in [0.1, 0.15) is 30.4 Å². The maximum Gasteiger partial charge on any atom is 0.115 e. The molecule has 1 saturated carbocycles. The van der Waals surface area contributed by atoms with E-state index in [0.29, 0.717) is 10.0 Å². The molecule has 2 aromatic carbocycles. The Balaban J connectivity index is 2.07. The largest absolute Gasteiger partial charge is 0.380 e. The molecule has 0 spiro atoms. The van der Waals surface area contributed by atoms with Crippen molar-refractivity contribution in [3.05, 3.63) is 75.3 Å². The molecule has 2 unspecified atom stereocenters. The van der Waals surface area contributed by atoms with Crippen molar-refractivity contribution in [2.24, 2.45) is 5.92 Å². The van der Waals surface area contributed by atoms with Crippen molar-refractivity contribution >= 4 is 29.3 Å². The van der Waals surface area contributed by atoms with Crippen LogP contribution in [0, 0.1) is 5.92 Å². The predicted molar refractivity (Wildman–Crippen MR) is 111 cm³/mol. The van der Waals surface area contributed by atoms with Crippen molar-refractivity contribution in [3.63, 3.8) is 0 Å². The molecule has 0 heterocycles. The van der Waals surface area contributed by atoms with E-state index in [9.17, 15) is 5.11 Å². The van der Waals surface area contributed by atoms with Crippen LogP contribution in [0.4, 0.5) is 0 Å². The fraction of sp³-hybridized carbons (Fsp3) is 0.364. The molecular formula is C22H25Cl2NO. The first-order chi connectivity index (χ1) is 12.4. The molecule has 1 aliphatic carbocycles. The van der Waals surface area contributed by atoms with Gasteiger partial charge in [0.15, 0.2) is 0 Å². The predicted octanol–water partition coefficient (Wildman–Crippen LogP) is 5.63. The Morgan fingerprint density at radius 3 is 2.19 bits per heavy atom. The fourth-order valence-electron chi connectivity index (χ4n) is 3.93. The second kappa shape index (κ2) is 8.14. The lowest BCUT2D eigenvalue weighted by Gasteiger charge is -2.44. The van der Waals surface area contributed by atoms with Gasteiger partial charge in [0, 0.05) is 22.5 Å². The van der Waals surface area contributed by atoms with E-state index in [1.807, 2.05) is 48.5 Å². The second-order valence-electron chi connectivity index (χ2n) is 7.35. The SMILES string of the molecule is CN(C)CC1CCC/C(=C/c2ccc(Cl)cc2)C1(O)c1ccc(Cl)cc1. The van der Waals surface area contributed by atoms with Gasteiger partial charge in [0.2, 0.25) is 0 Å². The quantitative estimate of drug-likeness (QED) is 0.732. The molecule has 1 N–H and O–H groups in total. The maximum absolute atomic E-state index is 12.0. The van der Waals surface area contributed by atoms with E-state index in [1.54, 1.807) is 0 Å². The summed E-state index contributed by atoms with van der Waals surface area (Å²) in [4.78, 5) is 2.15. The highest BCUT2D eigenvalue weighted by Crippen LogP contribution is 2.46. The van der Waals surface area contributed by atoms with Crippen LogP contribution in [-0.4, -0.2) is 30.6 Å². The van der Waals surface area contributed by atoms with Gasteiger partial charge in [0.25, 0.3) is 0 Å². The van der Waals surface area contributed by atoms with Crippen molar-refractivity contribution in [2.45, 2.75) is 24.9 Å². The lowest BCUT2D eigenvalue weighted by molar-refractivity contribution is -0.0174. The molecule has 3 rings (SSSR count). The standard InChI is InChI=1S/C22H25Cl2NO/c1-25(2)15-19-5-3-4-18(14-16-6-10-20(23)11-7-16)22(19,26)17-8-12-21(24)13-9-17/h6-14,19,26H,3-5,15H2,1-2H3/b18-14-. The average Bonchev–Trinajstić information content (AvgIpc) is 2.60. The van der Waals surface area contributed by atoms with Crippen molar-refractivity contribution in [1.29, 1.82) is 0 Å². The third-order valence-electron chi connectivity index (χ3n) is 5.16. The van der Waals surface area contributed by atoms with E-state index in [2.05, 4.69) is 25.1 Å². The first kappa shape index (κ1) is 19.4. The minimum absolute atomic E-state index is 0.131. The van der Waals surface area contributed by atoms with E-state index in [4.69, 9.17) is 23.2 Å². The molecule has 0 aliphatic heterocycles. The third kappa shape index (κ3) is 4.15. The van der Waals surface area contributed by atoms with Crippen LogP contribution >= 0.6 is 23.2 Å². The normalized spacial score (nSPS) is 25.0. The Hall–Kier alpha value is -1.32. The van der Waals surface area contributed by atoms with Crippen molar-refractivity contribution in [2.75, 3.05) is 20.6 Å². The van der Waals surface area contributed by atoms with Crippen LogP contribution in [-0.2, 0) is 5.60 Å². The zero-order valence-corrected chi connectivity index (χ0v) is 16.8. The van der Waals surface area contributed by atoms with Gasteiger partial charge >= 0.3 is 0 Å². The molecule has 2 aromatic rings. The molecule has 0 amide bonds. The summed E-state index contributed by atoms with van der Waals surface area (Å²) >= 11 is 12.1. The van der Waals surface area contributed by atoms with Crippen LogP contribution < -0.4 is 0 Å². The average molecular weight is 390 g/mol. The molecule has 26 heavy (non-hydrogen) atoms. The molecule has 138 valence electrons. The number of aliphatic hydroxyl groups is 1. The molecule has 1 aliphatic rings. The first-order valence-electron chi connectivity index (χ1n) is 8.99. The van der Waals surface area contributed by atoms with Gasteiger partial charge in [-0.25, -0.2) is 0 Å². The van der Waals surface area contributed by atoms with E-state index < -0.39 is 5.60 Å². The molecule has 0 radical (unpaired) electrons. The van der Waals surface area contributed by atoms with Crippen molar-refractivity contribution < 1.29 is 5.11 Å². The first-order valence-corrected chi connectivity index (χ1v) is 9.75. The number of hydrogen-bond acceptors (Lipinski definition) is 2. The van der Waals surface area contributed by atoms with Gasteiger partial charge in [-0.1, -0.05) is 53.5 Å². The maximum atomic E-state index is 12.0. The molecule has 0 saturated heterocycles. The van der Waals surface area contributed by atoms with Crippen LogP contribution in [0.25, 0.3) is 6.08 Å². The summed E-state index contributed by atoms with van der Waals surface area (Å²) in [5, 5.41) is 13.4. The summed E-state index contributed by atoms with van der Waals surface area (Å²) in [6.07, 6.45) is 5.07. The second-order valence-corrected chi connectivity index (χ2v) is 8.22. The number of benzene rings is 2. The summed E-state index contributed by atoms with van der Waals surface area (Å²) in [5.74, 6) is 0.131. The summed E-state index contributed by atoms with van der Waals surface area (Å²) in [5.41, 5.74) is 2.03. The zero-order valence-electron chi connectivity index (χ0n) is 15.3. The number of hydrogen-bond donors (Lipinski definition) is 1. The van der Waals surface area contributed by atoms with E-state index in [-0.39, 0.29) is 5.92 Å². The Kier molecular flexibility index (Phi) is 6.09.